The normalized spacial score (nSPS) is 12.5. The Bertz CT molecular complexity index is 1000. The number of alkyl halides is 3. The second-order valence-electron chi connectivity index (χ2n) is 6.18. The summed E-state index contributed by atoms with van der Waals surface area (Å²) in [6.45, 7) is 0. The molecule has 154 valence electrons. The summed E-state index contributed by atoms with van der Waals surface area (Å²) >= 11 is 24.0. The lowest BCUT2D eigenvalue weighted by Crippen LogP contribution is -2.49. The number of hydrogen-bond donors (Lipinski definition) is 2. The Balaban J connectivity index is 1.68. The van der Waals surface area contributed by atoms with Crippen LogP contribution in [0.5, 0.6) is 0 Å². The van der Waals surface area contributed by atoms with Gasteiger partial charge in [-0.2, -0.15) is 10.2 Å². The van der Waals surface area contributed by atoms with E-state index in [9.17, 15) is 4.79 Å². The van der Waals surface area contributed by atoms with E-state index < -0.39 is 15.9 Å². The fraction of sp³-hybridized carbons (Fsp3) is 0.0952. The van der Waals surface area contributed by atoms with E-state index in [0.29, 0.717) is 22.0 Å². The molecular weight excluding hydrogens is 466 g/mol. The smallest absolute Gasteiger partial charge is 0.252 e. The minimum atomic E-state index is -1.80. The van der Waals surface area contributed by atoms with Crippen LogP contribution in [0.3, 0.4) is 0 Å². The largest absolute Gasteiger partial charge is 0.362 e. The van der Waals surface area contributed by atoms with Crippen molar-refractivity contribution in [2.45, 2.75) is 9.96 Å². The van der Waals surface area contributed by atoms with Crippen molar-refractivity contribution in [2.24, 2.45) is 10.2 Å². The van der Waals surface area contributed by atoms with Crippen molar-refractivity contribution < 1.29 is 4.79 Å². The third-order valence-electron chi connectivity index (χ3n) is 3.92. The number of halogens is 4. The number of carbonyl (C=O) groups excluding carboxylic acids is 1. The number of carbonyl (C=O) groups is 1. The van der Waals surface area contributed by atoms with Crippen LogP contribution in [-0.2, 0) is 0 Å². The van der Waals surface area contributed by atoms with E-state index in [1.54, 1.807) is 48.5 Å². The van der Waals surface area contributed by atoms with E-state index in [0.717, 1.165) is 5.69 Å². The van der Waals surface area contributed by atoms with Gasteiger partial charge in [-0.15, -0.1) is 0 Å². The van der Waals surface area contributed by atoms with Gasteiger partial charge in [-0.3, -0.25) is 4.79 Å². The molecular formula is C21H16Cl4N4O. The molecule has 30 heavy (non-hydrogen) atoms. The highest BCUT2D eigenvalue weighted by atomic mass is 35.6. The molecule has 3 aromatic rings. The first-order valence-electron chi connectivity index (χ1n) is 8.78. The maximum Gasteiger partial charge on any atom is 0.252 e. The molecule has 0 aromatic heterocycles. The molecule has 5 nitrogen and oxygen atoms in total. The fourth-order valence-electron chi connectivity index (χ4n) is 2.42. The number of hydrogen-bond acceptors (Lipinski definition) is 4. The zero-order valence-electron chi connectivity index (χ0n) is 15.4. The van der Waals surface area contributed by atoms with E-state index in [1.165, 1.54) is 0 Å². The Labute approximate surface area is 194 Å². The Morgan fingerprint density at radius 3 is 1.93 bits per heavy atom. The van der Waals surface area contributed by atoms with Crippen LogP contribution in [0.25, 0.3) is 0 Å². The number of nitrogens with zero attached hydrogens (tertiary/aromatic N) is 2. The summed E-state index contributed by atoms with van der Waals surface area (Å²) in [5.41, 5.74) is 2.42. The van der Waals surface area contributed by atoms with Crippen molar-refractivity contribution in [3.05, 3.63) is 89.4 Å². The number of nitrogens with one attached hydrogen (secondary N) is 2. The summed E-state index contributed by atoms with van der Waals surface area (Å²) in [5, 5.41) is 14.5. The van der Waals surface area contributed by atoms with Crippen LogP contribution in [0.2, 0.25) is 5.02 Å². The molecule has 0 saturated carbocycles. The van der Waals surface area contributed by atoms with Crippen molar-refractivity contribution in [1.82, 2.24) is 5.32 Å². The summed E-state index contributed by atoms with van der Waals surface area (Å²) in [7, 11) is 0. The predicted octanol–water partition coefficient (Wildman–Crippen LogP) is 7.29. The van der Waals surface area contributed by atoms with Gasteiger partial charge in [-0.05, 0) is 60.7 Å². The molecule has 3 aromatic carbocycles. The highest BCUT2D eigenvalue weighted by Gasteiger charge is 2.34. The molecule has 0 aliphatic rings. The van der Waals surface area contributed by atoms with Gasteiger partial charge in [-0.1, -0.05) is 64.6 Å². The summed E-state index contributed by atoms with van der Waals surface area (Å²) in [4.78, 5) is 12.5. The summed E-state index contributed by atoms with van der Waals surface area (Å²) in [6.07, 6.45) is -0.984. The topological polar surface area (TPSA) is 65.8 Å². The third kappa shape index (κ3) is 6.61. The molecule has 1 amide bonds. The molecule has 0 saturated heterocycles. The second kappa shape index (κ2) is 10.1. The van der Waals surface area contributed by atoms with Crippen molar-refractivity contribution in [3.8, 4) is 0 Å². The molecule has 9 heteroatoms. The quantitative estimate of drug-likeness (QED) is 0.220. The van der Waals surface area contributed by atoms with Gasteiger partial charge in [0.15, 0.2) is 0 Å². The van der Waals surface area contributed by atoms with E-state index in [2.05, 4.69) is 20.9 Å². The van der Waals surface area contributed by atoms with E-state index in [4.69, 9.17) is 46.4 Å². The molecule has 0 bridgehead atoms. The van der Waals surface area contributed by atoms with Crippen LogP contribution in [-0.4, -0.2) is 15.9 Å². The lowest BCUT2D eigenvalue weighted by Gasteiger charge is -2.27. The Morgan fingerprint density at radius 2 is 1.37 bits per heavy atom. The molecule has 0 heterocycles. The van der Waals surface area contributed by atoms with Crippen molar-refractivity contribution in [1.29, 1.82) is 0 Å². The molecule has 0 radical (unpaired) electrons. The lowest BCUT2D eigenvalue weighted by atomic mass is 10.2. The van der Waals surface area contributed by atoms with Gasteiger partial charge in [0.2, 0.25) is 3.79 Å². The minimum absolute atomic E-state index is 0.386. The highest BCUT2D eigenvalue weighted by Crippen LogP contribution is 2.32. The van der Waals surface area contributed by atoms with Gasteiger partial charge in [0, 0.05) is 16.3 Å². The zero-order valence-corrected chi connectivity index (χ0v) is 18.4. The summed E-state index contributed by atoms with van der Waals surface area (Å²) in [6, 6.07) is 22.8. The lowest BCUT2D eigenvalue weighted by molar-refractivity contribution is 0.0942. The van der Waals surface area contributed by atoms with Crippen LogP contribution in [0.4, 0.5) is 17.1 Å². The SMILES string of the molecule is O=C(NC(Nc1ccc(N=Nc2ccccc2)cc1)C(Cl)(Cl)Cl)c1ccc(Cl)cc1. The molecule has 1 atom stereocenters. The van der Waals surface area contributed by atoms with Crippen LogP contribution in [0.1, 0.15) is 10.4 Å². The molecule has 0 fully saturated rings. The highest BCUT2D eigenvalue weighted by molar-refractivity contribution is 6.68. The van der Waals surface area contributed by atoms with Crippen molar-refractivity contribution in [3.63, 3.8) is 0 Å². The molecule has 3 rings (SSSR count). The molecule has 1 unspecified atom stereocenters. The Morgan fingerprint density at radius 1 is 0.800 bits per heavy atom. The first-order chi connectivity index (χ1) is 14.3. The number of benzene rings is 3. The zero-order chi connectivity index (χ0) is 21.6. The minimum Gasteiger partial charge on any atom is -0.362 e. The number of anilines is 1. The molecule has 0 spiro atoms. The van der Waals surface area contributed by atoms with Crippen LogP contribution in [0, 0.1) is 0 Å². The maximum absolute atomic E-state index is 12.5. The van der Waals surface area contributed by atoms with Gasteiger partial charge in [0.25, 0.3) is 5.91 Å². The second-order valence-corrected chi connectivity index (χ2v) is 8.99. The van der Waals surface area contributed by atoms with Crippen LogP contribution in [0.15, 0.2) is 89.1 Å². The predicted molar refractivity (Wildman–Crippen MR) is 124 cm³/mol. The van der Waals surface area contributed by atoms with Gasteiger partial charge in [0.05, 0.1) is 11.4 Å². The number of azo groups is 1. The monoisotopic (exact) mass is 480 g/mol. The number of amides is 1. The Kier molecular flexibility index (Phi) is 7.56. The molecule has 0 aliphatic heterocycles. The molecule has 2 N–H and O–H groups in total. The first kappa shape index (κ1) is 22.4. The molecule has 0 aliphatic carbocycles. The standard InChI is InChI=1S/C21H16Cl4N4O/c22-15-8-6-14(7-9-15)19(30)27-20(21(23,24)25)26-16-10-12-18(13-11-16)29-28-17-4-2-1-3-5-17/h1-13,20,26H,(H,27,30). The summed E-state index contributed by atoms with van der Waals surface area (Å²) < 4.78 is -1.80. The van der Waals surface area contributed by atoms with Crippen LogP contribution >= 0.6 is 46.4 Å². The van der Waals surface area contributed by atoms with Gasteiger partial charge < -0.3 is 10.6 Å². The number of rotatable bonds is 6. The summed E-state index contributed by atoms with van der Waals surface area (Å²) in [5.74, 6) is -0.413. The van der Waals surface area contributed by atoms with Gasteiger partial charge in [0.1, 0.15) is 6.17 Å². The third-order valence-corrected chi connectivity index (χ3v) is 4.83. The van der Waals surface area contributed by atoms with Gasteiger partial charge in [-0.25, -0.2) is 0 Å². The van der Waals surface area contributed by atoms with E-state index >= 15 is 0 Å². The Hall–Kier alpha value is -2.31. The maximum atomic E-state index is 12.5. The van der Waals surface area contributed by atoms with Crippen molar-refractivity contribution >= 4 is 69.4 Å². The fourth-order valence-corrected chi connectivity index (χ4v) is 2.87. The first-order valence-corrected chi connectivity index (χ1v) is 10.3. The van der Waals surface area contributed by atoms with E-state index in [-0.39, 0.29) is 0 Å². The van der Waals surface area contributed by atoms with E-state index in [1.807, 2.05) is 30.3 Å². The van der Waals surface area contributed by atoms with Crippen molar-refractivity contribution in [2.75, 3.05) is 5.32 Å². The van der Waals surface area contributed by atoms with Crippen LogP contribution < -0.4 is 10.6 Å². The average molecular weight is 482 g/mol. The average Bonchev–Trinajstić information content (AvgIpc) is 2.73. The van der Waals surface area contributed by atoms with Gasteiger partial charge >= 0.3 is 0 Å².